The van der Waals surface area contributed by atoms with Crippen LogP contribution < -0.4 is 14.2 Å². The Morgan fingerprint density at radius 3 is 2.61 bits per heavy atom. The number of aromatic nitrogens is 2. The molecule has 0 fully saturated rings. The molecule has 1 aromatic carbocycles. The molecule has 0 bridgehead atoms. The number of rotatable bonds is 8. The van der Waals surface area contributed by atoms with Crippen molar-refractivity contribution in [1.29, 1.82) is 0 Å². The van der Waals surface area contributed by atoms with Gasteiger partial charge in [0, 0.05) is 31.0 Å². The average Bonchev–Trinajstić information content (AvgIpc) is 2.96. The first kappa shape index (κ1) is 17.3. The monoisotopic (exact) mass is 339 g/mol. The van der Waals surface area contributed by atoms with E-state index in [1.807, 2.05) is 17.7 Å². The van der Waals surface area contributed by atoms with Crippen LogP contribution in [-0.2, 0) is 16.6 Å². The highest BCUT2D eigenvalue weighted by atomic mass is 32.2. The van der Waals surface area contributed by atoms with Gasteiger partial charge in [-0.05, 0) is 31.5 Å². The SMILES string of the molecule is COc1ccc(S(=O)(=O)NCCCn2nccc2C)c(OC)c1. The van der Waals surface area contributed by atoms with Gasteiger partial charge in [-0.3, -0.25) is 4.68 Å². The molecular formula is C15H21N3O4S. The normalized spacial score (nSPS) is 11.4. The van der Waals surface area contributed by atoms with E-state index in [4.69, 9.17) is 9.47 Å². The van der Waals surface area contributed by atoms with Gasteiger partial charge in [-0.2, -0.15) is 5.10 Å². The van der Waals surface area contributed by atoms with E-state index in [1.54, 1.807) is 18.3 Å². The van der Waals surface area contributed by atoms with E-state index in [9.17, 15) is 8.42 Å². The van der Waals surface area contributed by atoms with Crippen LogP contribution in [0.5, 0.6) is 11.5 Å². The molecule has 23 heavy (non-hydrogen) atoms. The zero-order chi connectivity index (χ0) is 16.9. The molecule has 1 heterocycles. The van der Waals surface area contributed by atoms with Gasteiger partial charge in [0.2, 0.25) is 10.0 Å². The second kappa shape index (κ2) is 7.47. The van der Waals surface area contributed by atoms with Gasteiger partial charge in [-0.15, -0.1) is 0 Å². The molecule has 0 atom stereocenters. The lowest BCUT2D eigenvalue weighted by Gasteiger charge is -2.12. The third kappa shape index (κ3) is 4.23. The first-order valence-corrected chi connectivity index (χ1v) is 8.66. The Labute approximate surface area is 136 Å². The topological polar surface area (TPSA) is 82.5 Å². The fourth-order valence-electron chi connectivity index (χ4n) is 2.14. The highest BCUT2D eigenvalue weighted by Gasteiger charge is 2.19. The Kier molecular flexibility index (Phi) is 5.62. The number of hydrogen-bond acceptors (Lipinski definition) is 5. The maximum atomic E-state index is 12.4. The highest BCUT2D eigenvalue weighted by molar-refractivity contribution is 7.89. The number of hydrogen-bond donors (Lipinski definition) is 1. The molecule has 0 aliphatic rings. The van der Waals surface area contributed by atoms with Crippen LogP contribution in [-0.4, -0.2) is 39.0 Å². The number of nitrogens with zero attached hydrogens (tertiary/aromatic N) is 2. The molecule has 0 amide bonds. The van der Waals surface area contributed by atoms with Crippen molar-refractivity contribution >= 4 is 10.0 Å². The van der Waals surface area contributed by atoms with E-state index >= 15 is 0 Å². The molecule has 8 heteroatoms. The summed E-state index contributed by atoms with van der Waals surface area (Å²) in [6, 6.07) is 6.51. The third-order valence-corrected chi connectivity index (χ3v) is 4.93. The summed E-state index contributed by atoms with van der Waals surface area (Å²) in [7, 11) is -0.702. The number of nitrogens with one attached hydrogen (secondary N) is 1. The Hall–Kier alpha value is -2.06. The van der Waals surface area contributed by atoms with Crippen LogP contribution in [0.15, 0.2) is 35.4 Å². The van der Waals surface area contributed by atoms with Gasteiger partial charge in [-0.1, -0.05) is 0 Å². The molecule has 0 aliphatic heterocycles. The number of aryl methyl sites for hydroxylation is 2. The minimum atomic E-state index is -3.64. The van der Waals surface area contributed by atoms with Crippen molar-refractivity contribution in [3.63, 3.8) is 0 Å². The van der Waals surface area contributed by atoms with Crippen molar-refractivity contribution in [2.24, 2.45) is 0 Å². The number of ether oxygens (including phenoxy) is 2. The zero-order valence-corrected chi connectivity index (χ0v) is 14.3. The van der Waals surface area contributed by atoms with Gasteiger partial charge < -0.3 is 9.47 Å². The van der Waals surface area contributed by atoms with Crippen LogP contribution in [0, 0.1) is 6.92 Å². The summed E-state index contributed by atoms with van der Waals surface area (Å²) in [5.41, 5.74) is 1.05. The molecule has 0 spiro atoms. The lowest BCUT2D eigenvalue weighted by molar-refractivity contribution is 0.386. The van der Waals surface area contributed by atoms with E-state index < -0.39 is 10.0 Å². The fourth-order valence-corrected chi connectivity index (χ4v) is 3.37. The van der Waals surface area contributed by atoms with E-state index in [0.29, 0.717) is 25.3 Å². The minimum Gasteiger partial charge on any atom is -0.497 e. The maximum absolute atomic E-state index is 12.4. The molecule has 2 rings (SSSR count). The van der Waals surface area contributed by atoms with Crippen molar-refractivity contribution < 1.29 is 17.9 Å². The van der Waals surface area contributed by atoms with E-state index in [2.05, 4.69) is 9.82 Å². The largest absolute Gasteiger partial charge is 0.497 e. The Morgan fingerprint density at radius 1 is 1.22 bits per heavy atom. The summed E-state index contributed by atoms with van der Waals surface area (Å²) >= 11 is 0. The fraction of sp³-hybridized carbons (Fsp3) is 0.400. The summed E-state index contributed by atoms with van der Waals surface area (Å²) < 4.78 is 39.4. The average molecular weight is 339 g/mol. The molecule has 0 unspecified atom stereocenters. The van der Waals surface area contributed by atoms with Gasteiger partial charge >= 0.3 is 0 Å². The van der Waals surface area contributed by atoms with Gasteiger partial charge in [0.1, 0.15) is 16.4 Å². The summed E-state index contributed by atoms with van der Waals surface area (Å²) in [6.07, 6.45) is 2.36. The second-order valence-corrected chi connectivity index (χ2v) is 6.70. The van der Waals surface area contributed by atoms with E-state index in [1.165, 1.54) is 20.3 Å². The van der Waals surface area contributed by atoms with E-state index in [-0.39, 0.29) is 10.6 Å². The number of sulfonamides is 1. The van der Waals surface area contributed by atoms with Crippen LogP contribution in [0.25, 0.3) is 0 Å². The van der Waals surface area contributed by atoms with Gasteiger partial charge in [0.15, 0.2) is 0 Å². The van der Waals surface area contributed by atoms with Crippen LogP contribution in [0.4, 0.5) is 0 Å². The minimum absolute atomic E-state index is 0.0936. The van der Waals surface area contributed by atoms with Gasteiger partial charge in [0.25, 0.3) is 0 Å². The first-order valence-electron chi connectivity index (χ1n) is 7.18. The van der Waals surface area contributed by atoms with Gasteiger partial charge in [-0.25, -0.2) is 13.1 Å². The van der Waals surface area contributed by atoms with Crippen LogP contribution >= 0.6 is 0 Å². The van der Waals surface area contributed by atoms with Crippen molar-refractivity contribution in [1.82, 2.24) is 14.5 Å². The molecule has 0 radical (unpaired) electrons. The molecule has 0 saturated carbocycles. The smallest absolute Gasteiger partial charge is 0.244 e. The predicted octanol–water partition coefficient (Wildman–Crippen LogP) is 1.58. The van der Waals surface area contributed by atoms with E-state index in [0.717, 1.165) is 5.69 Å². The third-order valence-electron chi connectivity index (χ3n) is 3.43. The zero-order valence-electron chi connectivity index (χ0n) is 13.4. The molecule has 0 aliphatic carbocycles. The Bertz CT molecular complexity index is 756. The van der Waals surface area contributed by atoms with Crippen molar-refractivity contribution in [3.8, 4) is 11.5 Å². The lowest BCUT2D eigenvalue weighted by Crippen LogP contribution is -2.26. The first-order chi connectivity index (χ1) is 11.0. The van der Waals surface area contributed by atoms with Crippen LogP contribution in [0.2, 0.25) is 0 Å². The van der Waals surface area contributed by atoms with Crippen molar-refractivity contribution in [2.75, 3.05) is 20.8 Å². The molecule has 2 aromatic rings. The summed E-state index contributed by atoms with van der Waals surface area (Å²) in [4.78, 5) is 0.0936. The molecule has 7 nitrogen and oxygen atoms in total. The van der Waals surface area contributed by atoms with Crippen molar-refractivity contribution in [3.05, 3.63) is 36.2 Å². The van der Waals surface area contributed by atoms with Crippen LogP contribution in [0.1, 0.15) is 12.1 Å². The number of methoxy groups -OCH3 is 2. The lowest BCUT2D eigenvalue weighted by atomic mass is 10.3. The van der Waals surface area contributed by atoms with Gasteiger partial charge in [0.05, 0.1) is 14.2 Å². The maximum Gasteiger partial charge on any atom is 0.244 e. The van der Waals surface area contributed by atoms with Crippen molar-refractivity contribution in [2.45, 2.75) is 24.8 Å². The molecular weight excluding hydrogens is 318 g/mol. The molecule has 1 N–H and O–H groups in total. The predicted molar refractivity (Wildman–Crippen MR) is 86.3 cm³/mol. The molecule has 1 aromatic heterocycles. The summed E-state index contributed by atoms with van der Waals surface area (Å²) in [5.74, 6) is 0.787. The molecule has 0 saturated heterocycles. The van der Waals surface area contributed by atoms with Crippen LogP contribution in [0.3, 0.4) is 0 Å². The summed E-state index contributed by atoms with van der Waals surface area (Å²) in [5, 5.41) is 4.16. The summed E-state index contributed by atoms with van der Waals surface area (Å²) in [6.45, 7) is 2.93. The standard InChI is InChI=1S/C15H21N3O4S/c1-12-7-9-16-18(12)10-4-8-17-23(19,20)15-6-5-13(21-2)11-14(15)22-3/h5-7,9,11,17H,4,8,10H2,1-3H3. The number of benzene rings is 1. The Morgan fingerprint density at radius 2 is 2.00 bits per heavy atom. The second-order valence-electron chi connectivity index (χ2n) is 4.96. The Balaban J connectivity index is 2.00. The molecule has 126 valence electrons. The quantitative estimate of drug-likeness (QED) is 0.738. The highest BCUT2D eigenvalue weighted by Crippen LogP contribution is 2.28.